The van der Waals surface area contributed by atoms with Crippen LogP contribution in [0.25, 0.3) is 5.95 Å². The number of amides is 1. The molecule has 0 bridgehead atoms. The summed E-state index contributed by atoms with van der Waals surface area (Å²) < 4.78 is 1.58. The standard InChI is InChI=1S/C21H29N5O2/c1-3-16-13(2)22-21(24-20(16)28)26-18(12-17(25-26)15-9-10-15)23-19(27)11-14-7-5-4-6-8-14/h12,14-15H,3-11H2,1-2H3,(H,23,27)(H,22,24,28). The Morgan fingerprint density at radius 3 is 2.64 bits per heavy atom. The molecule has 0 unspecified atom stereocenters. The smallest absolute Gasteiger partial charge is 0.255 e. The molecule has 7 nitrogen and oxygen atoms in total. The molecular formula is C21H29N5O2. The first-order chi connectivity index (χ1) is 13.5. The molecule has 4 rings (SSSR count). The zero-order chi connectivity index (χ0) is 19.7. The highest BCUT2D eigenvalue weighted by Crippen LogP contribution is 2.40. The lowest BCUT2D eigenvalue weighted by atomic mass is 9.87. The van der Waals surface area contributed by atoms with E-state index in [1.807, 2.05) is 19.9 Å². The highest BCUT2D eigenvalue weighted by atomic mass is 16.1. The fourth-order valence-electron chi connectivity index (χ4n) is 4.19. The predicted octanol–water partition coefficient (Wildman–Crippen LogP) is 3.61. The largest absolute Gasteiger partial charge is 0.310 e. The van der Waals surface area contributed by atoms with Crippen LogP contribution in [0, 0.1) is 12.8 Å². The Balaban J connectivity index is 1.60. The van der Waals surface area contributed by atoms with E-state index in [4.69, 9.17) is 0 Å². The summed E-state index contributed by atoms with van der Waals surface area (Å²) in [6.45, 7) is 3.78. The van der Waals surface area contributed by atoms with Crippen molar-refractivity contribution in [1.29, 1.82) is 0 Å². The van der Waals surface area contributed by atoms with E-state index in [2.05, 4.69) is 20.4 Å². The summed E-state index contributed by atoms with van der Waals surface area (Å²) >= 11 is 0. The van der Waals surface area contributed by atoms with Crippen LogP contribution in [-0.2, 0) is 11.2 Å². The minimum Gasteiger partial charge on any atom is -0.310 e. The van der Waals surface area contributed by atoms with Crippen LogP contribution in [0.1, 0.15) is 81.2 Å². The second-order valence-electron chi connectivity index (χ2n) is 8.20. The summed E-state index contributed by atoms with van der Waals surface area (Å²) in [5.41, 5.74) is 2.19. The Hall–Kier alpha value is -2.44. The average molecular weight is 383 g/mol. The molecule has 0 aromatic carbocycles. The van der Waals surface area contributed by atoms with E-state index in [1.54, 1.807) is 4.68 Å². The summed E-state index contributed by atoms with van der Waals surface area (Å²) in [6, 6.07) is 1.93. The maximum atomic E-state index is 12.6. The number of H-pyrrole nitrogens is 1. The van der Waals surface area contributed by atoms with Gasteiger partial charge >= 0.3 is 0 Å². The molecule has 0 aliphatic heterocycles. The van der Waals surface area contributed by atoms with Crippen LogP contribution < -0.4 is 10.9 Å². The van der Waals surface area contributed by atoms with Crippen LogP contribution in [0.3, 0.4) is 0 Å². The van der Waals surface area contributed by atoms with Crippen LogP contribution in [-0.4, -0.2) is 25.7 Å². The highest BCUT2D eigenvalue weighted by Gasteiger charge is 2.29. The molecule has 2 N–H and O–H groups in total. The Morgan fingerprint density at radius 1 is 1.25 bits per heavy atom. The molecule has 7 heteroatoms. The van der Waals surface area contributed by atoms with E-state index < -0.39 is 0 Å². The van der Waals surface area contributed by atoms with Crippen LogP contribution in [0.5, 0.6) is 0 Å². The van der Waals surface area contributed by atoms with Crippen molar-refractivity contribution in [3.8, 4) is 5.95 Å². The van der Waals surface area contributed by atoms with E-state index in [0.717, 1.165) is 31.4 Å². The van der Waals surface area contributed by atoms with Gasteiger partial charge in [-0.15, -0.1) is 0 Å². The zero-order valence-electron chi connectivity index (χ0n) is 16.8. The topological polar surface area (TPSA) is 92.7 Å². The number of aromatic nitrogens is 4. The van der Waals surface area contributed by atoms with Gasteiger partial charge in [0.05, 0.1) is 5.69 Å². The molecule has 2 aromatic heterocycles. The van der Waals surface area contributed by atoms with Crippen molar-refractivity contribution in [3.63, 3.8) is 0 Å². The molecular weight excluding hydrogens is 354 g/mol. The van der Waals surface area contributed by atoms with Gasteiger partial charge in [-0.05, 0) is 44.9 Å². The van der Waals surface area contributed by atoms with Crippen LogP contribution in [0.2, 0.25) is 0 Å². The van der Waals surface area contributed by atoms with Gasteiger partial charge in [0, 0.05) is 29.7 Å². The maximum Gasteiger partial charge on any atom is 0.255 e. The van der Waals surface area contributed by atoms with Crippen molar-refractivity contribution in [2.75, 3.05) is 5.32 Å². The Labute approximate surface area is 165 Å². The van der Waals surface area contributed by atoms with Crippen molar-refractivity contribution in [2.24, 2.45) is 5.92 Å². The monoisotopic (exact) mass is 383 g/mol. The number of nitrogens with zero attached hydrogens (tertiary/aromatic N) is 3. The van der Waals surface area contributed by atoms with Gasteiger partial charge in [0.1, 0.15) is 5.82 Å². The van der Waals surface area contributed by atoms with E-state index in [1.165, 1.54) is 19.3 Å². The molecule has 2 heterocycles. The molecule has 2 aliphatic rings. The predicted molar refractivity (Wildman–Crippen MR) is 108 cm³/mol. The molecule has 0 atom stereocenters. The third-order valence-electron chi connectivity index (χ3n) is 5.95. The minimum absolute atomic E-state index is 0.0136. The second-order valence-corrected chi connectivity index (χ2v) is 8.20. The van der Waals surface area contributed by atoms with Crippen LogP contribution >= 0.6 is 0 Å². The summed E-state index contributed by atoms with van der Waals surface area (Å²) in [6.07, 6.45) is 9.38. The Bertz CT molecular complexity index is 919. The van der Waals surface area contributed by atoms with Gasteiger partial charge < -0.3 is 5.32 Å². The maximum absolute atomic E-state index is 12.6. The van der Waals surface area contributed by atoms with Crippen molar-refractivity contribution < 1.29 is 4.79 Å². The number of nitrogens with one attached hydrogen (secondary N) is 2. The lowest BCUT2D eigenvalue weighted by Gasteiger charge is -2.20. The van der Waals surface area contributed by atoms with E-state index in [-0.39, 0.29) is 11.5 Å². The SMILES string of the molecule is CCc1c(C)nc(-n2nc(C3CC3)cc2NC(=O)CC2CCCCC2)[nH]c1=O. The van der Waals surface area contributed by atoms with Gasteiger partial charge in [-0.2, -0.15) is 9.78 Å². The molecule has 2 aliphatic carbocycles. The molecule has 2 fully saturated rings. The summed E-state index contributed by atoms with van der Waals surface area (Å²) in [7, 11) is 0. The Morgan fingerprint density at radius 2 is 2.00 bits per heavy atom. The molecule has 0 saturated heterocycles. The van der Waals surface area contributed by atoms with Gasteiger partial charge in [0.15, 0.2) is 0 Å². The van der Waals surface area contributed by atoms with E-state index >= 15 is 0 Å². The zero-order valence-corrected chi connectivity index (χ0v) is 16.8. The molecule has 0 radical (unpaired) electrons. The van der Waals surface area contributed by atoms with E-state index in [0.29, 0.717) is 47.7 Å². The first-order valence-corrected chi connectivity index (χ1v) is 10.5. The number of aryl methyl sites for hydroxylation is 1. The number of rotatable bonds is 6. The quantitative estimate of drug-likeness (QED) is 0.797. The number of hydrogen-bond acceptors (Lipinski definition) is 4. The van der Waals surface area contributed by atoms with Gasteiger partial charge in [-0.3, -0.25) is 14.6 Å². The molecule has 1 amide bonds. The van der Waals surface area contributed by atoms with Gasteiger partial charge in [-0.1, -0.05) is 26.2 Å². The number of carbonyl (C=O) groups is 1. The van der Waals surface area contributed by atoms with Crippen LogP contribution in [0.4, 0.5) is 5.82 Å². The summed E-state index contributed by atoms with van der Waals surface area (Å²) in [5.74, 6) is 1.88. The van der Waals surface area contributed by atoms with Crippen molar-refractivity contribution in [2.45, 2.75) is 77.6 Å². The van der Waals surface area contributed by atoms with Gasteiger partial charge in [0.25, 0.3) is 5.56 Å². The number of carbonyl (C=O) groups excluding carboxylic acids is 1. The molecule has 2 aromatic rings. The lowest BCUT2D eigenvalue weighted by molar-refractivity contribution is -0.117. The first kappa shape index (κ1) is 18.9. The van der Waals surface area contributed by atoms with E-state index in [9.17, 15) is 9.59 Å². The lowest BCUT2D eigenvalue weighted by Crippen LogP contribution is -2.23. The fraction of sp³-hybridized carbons (Fsp3) is 0.619. The van der Waals surface area contributed by atoms with Gasteiger partial charge in [0.2, 0.25) is 11.9 Å². The second kappa shape index (κ2) is 7.89. The number of aromatic amines is 1. The molecule has 2 saturated carbocycles. The van der Waals surface area contributed by atoms with Crippen molar-refractivity contribution in [1.82, 2.24) is 19.7 Å². The third kappa shape index (κ3) is 4.03. The molecule has 0 spiro atoms. The molecule has 28 heavy (non-hydrogen) atoms. The highest BCUT2D eigenvalue weighted by molar-refractivity contribution is 5.90. The number of hydrogen-bond donors (Lipinski definition) is 2. The Kier molecular flexibility index (Phi) is 5.33. The third-order valence-corrected chi connectivity index (χ3v) is 5.95. The fourth-order valence-corrected chi connectivity index (χ4v) is 4.19. The van der Waals surface area contributed by atoms with Crippen molar-refractivity contribution >= 4 is 11.7 Å². The number of anilines is 1. The average Bonchev–Trinajstić information content (AvgIpc) is 3.43. The van der Waals surface area contributed by atoms with Gasteiger partial charge in [-0.25, -0.2) is 4.98 Å². The normalized spacial score (nSPS) is 17.6. The molecule has 150 valence electrons. The first-order valence-electron chi connectivity index (χ1n) is 10.5. The summed E-state index contributed by atoms with van der Waals surface area (Å²) in [5, 5.41) is 7.68. The van der Waals surface area contributed by atoms with Crippen molar-refractivity contribution in [3.05, 3.63) is 33.4 Å². The summed E-state index contributed by atoms with van der Waals surface area (Å²) in [4.78, 5) is 32.4. The minimum atomic E-state index is -0.145. The van der Waals surface area contributed by atoms with Crippen LogP contribution in [0.15, 0.2) is 10.9 Å².